The Labute approximate surface area is 110 Å². The summed E-state index contributed by atoms with van der Waals surface area (Å²) >= 11 is 0. The van der Waals surface area contributed by atoms with E-state index in [1.165, 1.54) is 11.1 Å². The van der Waals surface area contributed by atoms with Gasteiger partial charge >= 0.3 is 0 Å². The first-order valence-corrected chi connectivity index (χ1v) is 6.60. The molecular formula is C16H22N2. The molecule has 0 saturated carbocycles. The van der Waals surface area contributed by atoms with Crippen LogP contribution in [-0.2, 0) is 12.0 Å². The minimum absolute atomic E-state index is 0.166. The molecule has 96 valence electrons. The summed E-state index contributed by atoms with van der Waals surface area (Å²) in [5.41, 5.74) is 2.89. The Hall–Kier alpha value is -1.57. The van der Waals surface area contributed by atoms with Gasteiger partial charge in [-0.2, -0.15) is 0 Å². The molecule has 1 aromatic heterocycles. The lowest BCUT2D eigenvalue weighted by Gasteiger charge is -2.30. The van der Waals surface area contributed by atoms with Crippen LogP contribution in [0.2, 0.25) is 0 Å². The average Bonchev–Trinajstić information content (AvgIpc) is 2.75. The number of hydrogen-bond acceptors (Lipinski definition) is 1. The van der Waals surface area contributed by atoms with Crippen molar-refractivity contribution >= 4 is 0 Å². The SMILES string of the molecule is CCC(C)(Cn1ccnc1C)c1ccc(C)cc1. The lowest BCUT2D eigenvalue weighted by Crippen LogP contribution is -2.27. The molecule has 2 rings (SSSR count). The fourth-order valence-electron chi connectivity index (χ4n) is 2.31. The molecule has 1 unspecified atom stereocenters. The van der Waals surface area contributed by atoms with Crippen LogP contribution in [-0.4, -0.2) is 9.55 Å². The van der Waals surface area contributed by atoms with E-state index < -0.39 is 0 Å². The molecule has 0 aliphatic rings. The minimum Gasteiger partial charge on any atom is -0.334 e. The van der Waals surface area contributed by atoms with Crippen molar-refractivity contribution in [3.63, 3.8) is 0 Å². The van der Waals surface area contributed by atoms with E-state index >= 15 is 0 Å². The maximum absolute atomic E-state index is 4.31. The quantitative estimate of drug-likeness (QED) is 0.796. The van der Waals surface area contributed by atoms with E-state index in [2.05, 4.69) is 67.7 Å². The Morgan fingerprint density at radius 3 is 2.33 bits per heavy atom. The van der Waals surface area contributed by atoms with E-state index in [0.29, 0.717) is 0 Å². The number of aromatic nitrogens is 2. The number of imidazole rings is 1. The highest BCUT2D eigenvalue weighted by molar-refractivity contribution is 5.28. The third-order valence-electron chi connectivity index (χ3n) is 3.97. The number of aryl methyl sites for hydroxylation is 2. The van der Waals surface area contributed by atoms with E-state index in [0.717, 1.165) is 18.8 Å². The zero-order valence-corrected chi connectivity index (χ0v) is 11.8. The first-order valence-electron chi connectivity index (χ1n) is 6.60. The predicted octanol–water partition coefficient (Wildman–Crippen LogP) is 3.87. The fraction of sp³-hybridized carbons (Fsp3) is 0.438. The van der Waals surface area contributed by atoms with E-state index in [9.17, 15) is 0 Å². The van der Waals surface area contributed by atoms with Crippen LogP contribution in [0.3, 0.4) is 0 Å². The molecule has 0 bridgehead atoms. The number of hydrogen-bond donors (Lipinski definition) is 0. The van der Waals surface area contributed by atoms with Crippen LogP contribution in [0.5, 0.6) is 0 Å². The Morgan fingerprint density at radius 1 is 1.17 bits per heavy atom. The van der Waals surface area contributed by atoms with Crippen molar-refractivity contribution in [1.29, 1.82) is 0 Å². The molecular weight excluding hydrogens is 220 g/mol. The van der Waals surface area contributed by atoms with Gasteiger partial charge in [0.1, 0.15) is 5.82 Å². The van der Waals surface area contributed by atoms with Gasteiger partial charge in [-0.05, 0) is 25.8 Å². The molecule has 0 radical (unpaired) electrons. The van der Waals surface area contributed by atoms with Gasteiger partial charge in [-0.15, -0.1) is 0 Å². The number of benzene rings is 1. The molecule has 0 saturated heterocycles. The standard InChI is InChI=1S/C16H22N2/c1-5-16(4,12-18-11-10-17-14(18)3)15-8-6-13(2)7-9-15/h6-11H,5,12H2,1-4H3. The van der Waals surface area contributed by atoms with Gasteiger partial charge in [-0.1, -0.05) is 43.7 Å². The summed E-state index contributed by atoms with van der Waals surface area (Å²) in [5, 5.41) is 0. The van der Waals surface area contributed by atoms with Crippen LogP contribution in [0, 0.1) is 13.8 Å². The molecule has 0 fully saturated rings. The molecule has 0 N–H and O–H groups in total. The molecule has 0 aliphatic heterocycles. The van der Waals surface area contributed by atoms with Crippen molar-refractivity contribution in [3.05, 3.63) is 53.6 Å². The second-order valence-corrected chi connectivity index (χ2v) is 5.38. The summed E-state index contributed by atoms with van der Waals surface area (Å²) in [4.78, 5) is 4.31. The third kappa shape index (κ3) is 2.47. The summed E-state index contributed by atoms with van der Waals surface area (Å²) in [6.45, 7) is 9.76. The van der Waals surface area contributed by atoms with E-state index in [4.69, 9.17) is 0 Å². The van der Waals surface area contributed by atoms with E-state index in [1.54, 1.807) is 0 Å². The summed E-state index contributed by atoms with van der Waals surface area (Å²) < 4.78 is 2.24. The molecule has 18 heavy (non-hydrogen) atoms. The highest BCUT2D eigenvalue weighted by Gasteiger charge is 2.25. The van der Waals surface area contributed by atoms with Gasteiger partial charge < -0.3 is 4.57 Å². The van der Waals surface area contributed by atoms with E-state index in [-0.39, 0.29) is 5.41 Å². The Bertz CT molecular complexity index is 510. The van der Waals surface area contributed by atoms with Crippen LogP contribution in [0.1, 0.15) is 37.2 Å². The summed E-state index contributed by atoms with van der Waals surface area (Å²) in [5.74, 6) is 1.08. The second kappa shape index (κ2) is 4.97. The van der Waals surface area contributed by atoms with Gasteiger partial charge in [0.05, 0.1) is 0 Å². The summed E-state index contributed by atoms with van der Waals surface area (Å²) in [7, 11) is 0. The smallest absolute Gasteiger partial charge is 0.105 e. The van der Waals surface area contributed by atoms with Gasteiger partial charge in [0, 0.05) is 24.4 Å². The molecule has 1 atom stereocenters. The minimum atomic E-state index is 0.166. The van der Waals surface area contributed by atoms with Crippen LogP contribution in [0.4, 0.5) is 0 Å². The molecule has 1 heterocycles. The van der Waals surface area contributed by atoms with Crippen molar-refractivity contribution in [2.24, 2.45) is 0 Å². The number of nitrogens with zero attached hydrogens (tertiary/aromatic N) is 2. The lowest BCUT2D eigenvalue weighted by molar-refractivity contribution is 0.379. The Kier molecular flexibility index (Phi) is 3.55. The maximum atomic E-state index is 4.31. The van der Waals surface area contributed by atoms with Crippen LogP contribution in [0.25, 0.3) is 0 Å². The van der Waals surface area contributed by atoms with Crippen molar-refractivity contribution in [2.45, 2.75) is 46.1 Å². The highest BCUT2D eigenvalue weighted by atomic mass is 15.1. The first kappa shape index (κ1) is 12.9. The topological polar surface area (TPSA) is 17.8 Å². The largest absolute Gasteiger partial charge is 0.334 e. The monoisotopic (exact) mass is 242 g/mol. The van der Waals surface area contributed by atoms with Crippen molar-refractivity contribution in [3.8, 4) is 0 Å². The van der Waals surface area contributed by atoms with Crippen molar-refractivity contribution < 1.29 is 0 Å². The highest BCUT2D eigenvalue weighted by Crippen LogP contribution is 2.30. The van der Waals surface area contributed by atoms with Gasteiger partial charge in [0.2, 0.25) is 0 Å². The first-order chi connectivity index (χ1) is 8.55. The molecule has 0 aliphatic carbocycles. The zero-order chi connectivity index (χ0) is 13.2. The second-order valence-electron chi connectivity index (χ2n) is 5.38. The van der Waals surface area contributed by atoms with Gasteiger partial charge in [-0.3, -0.25) is 0 Å². The Morgan fingerprint density at radius 2 is 1.83 bits per heavy atom. The molecule has 2 nitrogen and oxygen atoms in total. The number of rotatable bonds is 4. The lowest BCUT2D eigenvalue weighted by atomic mass is 9.79. The summed E-state index contributed by atoms with van der Waals surface area (Å²) in [6, 6.07) is 8.91. The van der Waals surface area contributed by atoms with Crippen LogP contribution < -0.4 is 0 Å². The molecule has 2 aromatic rings. The zero-order valence-electron chi connectivity index (χ0n) is 11.8. The predicted molar refractivity (Wildman–Crippen MR) is 75.8 cm³/mol. The molecule has 1 aromatic carbocycles. The average molecular weight is 242 g/mol. The third-order valence-corrected chi connectivity index (χ3v) is 3.97. The Balaban J connectivity index is 2.30. The van der Waals surface area contributed by atoms with Crippen LogP contribution >= 0.6 is 0 Å². The van der Waals surface area contributed by atoms with Gasteiger partial charge in [0.25, 0.3) is 0 Å². The maximum Gasteiger partial charge on any atom is 0.105 e. The molecule has 2 heteroatoms. The summed E-state index contributed by atoms with van der Waals surface area (Å²) in [6.07, 6.45) is 5.06. The van der Waals surface area contributed by atoms with Gasteiger partial charge in [-0.25, -0.2) is 4.98 Å². The molecule has 0 amide bonds. The molecule has 0 spiro atoms. The van der Waals surface area contributed by atoms with Crippen LogP contribution in [0.15, 0.2) is 36.7 Å². The van der Waals surface area contributed by atoms with Crippen molar-refractivity contribution in [2.75, 3.05) is 0 Å². The van der Waals surface area contributed by atoms with E-state index in [1.807, 2.05) is 6.20 Å². The van der Waals surface area contributed by atoms with Crippen molar-refractivity contribution in [1.82, 2.24) is 9.55 Å². The van der Waals surface area contributed by atoms with Gasteiger partial charge in [0.15, 0.2) is 0 Å². The fourth-order valence-corrected chi connectivity index (χ4v) is 2.31. The normalized spacial score (nSPS) is 14.4.